The maximum atomic E-state index is 9.63. The molecule has 5 heteroatoms. The third-order valence-electron chi connectivity index (χ3n) is 0.272. The van der Waals surface area contributed by atoms with Crippen molar-refractivity contribution >= 4 is 11.4 Å². The van der Waals surface area contributed by atoms with Crippen LogP contribution in [0.5, 0.6) is 0 Å². The molecule has 0 aliphatic heterocycles. The van der Waals surface area contributed by atoms with Gasteiger partial charge in [-0.05, 0) is 13.8 Å². The van der Waals surface area contributed by atoms with Crippen molar-refractivity contribution in [1.29, 1.82) is 0 Å². The minimum Gasteiger partial charge on any atom is -0.750 e. The van der Waals surface area contributed by atoms with Crippen LogP contribution < -0.4 is 0 Å². The van der Waals surface area contributed by atoms with Crippen LogP contribution in [0, 0.1) is 0 Å². The summed E-state index contributed by atoms with van der Waals surface area (Å²) in [5.41, 5.74) is 0. The second-order valence-electron chi connectivity index (χ2n) is 1.73. The Hall–Kier alpha value is 0.0300. The topological polar surface area (TPSA) is 69.6 Å². The molecule has 0 bridgehead atoms. The van der Waals surface area contributed by atoms with E-state index in [1.807, 2.05) is 0 Å². The zero-order valence-electron chi connectivity index (χ0n) is 4.58. The Balaban J connectivity index is 3.55. The summed E-state index contributed by atoms with van der Waals surface area (Å²) < 4.78 is 23.2. The third-order valence-corrected chi connectivity index (χ3v) is 0.816. The highest BCUT2D eigenvalue weighted by Crippen LogP contribution is 2.03. The minimum absolute atomic E-state index is 1.23. The predicted molar refractivity (Wildman–Crippen MR) is 26.3 cm³/mol. The van der Waals surface area contributed by atoms with Crippen molar-refractivity contribution in [3.05, 3.63) is 0 Å². The summed E-state index contributed by atoms with van der Waals surface area (Å²) in [6.07, 6.45) is 0. The molecule has 0 spiro atoms. The molecule has 0 aromatic rings. The van der Waals surface area contributed by atoms with Gasteiger partial charge in [-0.25, -0.2) is 4.21 Å². The molecule has 0 saturated heterocycles. The lowest BCUT2D eigenvalue weighted by molar-refractivity contribution is -0.101. The number of hydrogen-bond acceptors (Lipinski definition) is 4. The molecular weight excluding hydrogens is 132 g/mol. The van der Waals surface area contributed by atoms with Gasteiger partial charge in [0.15, 0.2) is 5.79 Å². The van der Waals surface area contributed by atoms with Crippen LogP contribution >= 0.6 is 0 Å². The summed E-state index contributed by atoms with van der Waals surface area (Å²) in [6.45, 7) is 2.45. The van der Waals surface area contributed by atoms with Crippen LogP contribution in [-0.4, -0.2) is 19.7 Å². The van der Waals surface area contributed by atoms with Gasteiger partial charge in [-0.3, -0.25) is 4.18 Å². The van der Waals surface area contributed by atoms with Crippen LogP contribution in [0.15, 0.2) is 0 Å². The molecule has 0 radical (unpaired) electrons. The normalized spacial score (nSPS) is 16.0. The molecule has 0 rings (SSSR count). The lowest BCUT2D eigenvalue weighted by Crippen LogP contribution is -2.23. The Bertz CT molecular complexity index is 93.9. The van der Waals surface area contributed by atoms with E-state index in [-0.39, 0.29) is 0 Å². The Labute approximate surface area is 50.0 Å². The van der Waals surface area contributed by atoms with Crippen molar-refractivity contribution in [3.8, 4) is 0 Å². The summed E-state index contributed by atoms with van der Waals surface area (Å²) in [4.78, 5) is 0. The first-order chi connectivity index (χ1) is 3.42. The zero-order valence-corrected chi connectivity index (χ0v) is 5.40. The smallest absolute Gasteiger partial charge is 0.174 e. The summed E-state index contributed by atoms with van der Waals surface area (Å²) in [5.74, 6) is -1.59. The fourth-order valence-electron chi connectivity index (χ4n) is 0.167. The van der Waals surface area contributed by atoms with Gasteiger partial charge >= 0.3 is 0 Å². The van der Waals surface area contributed by atoms with Crippen molar-refractivity contribution < 1.29 is 18.1 Å². The van der Waals surface area contributed by atoms with Gasteiger partial charge in [0.05, 0.1) is 11.4 Å². The van der Waals surface area contributed by atoms with E-state index < -0.39 is 17.1 Å². The molecule has 0 aliphatic rings. The van der Waals surface area contributed by atoms with Crippen molar-refractivity contribution in [2.45, 2.75) is 19.6 Å². The average Bonchev–Trinajstić information content (AvgIpc) is 1.21. The second kappa shape index (κ2) is 2.54. The molecule has 0 saturated carbocycles. The van der Waals surface area contributed by atoms with Gasteiger partial charge in [-0.1, -0.05) is 0 Å². The van der Waals surface area contributed by atoms with Gasteiger partial charge in [-0.15, -0.1) is 0 Å². The molecule has 0 amide bonds. The van der Waals surface area contributed by atoms with E-state index in [4.69, 9.17) is 5.11 Å². The minimum atomic E-state index is -2.64. The second-order valence-corrected chi connectivity index (χ2v) is 2.31. The zero-order chi connectivity index (χ0) is 6.78. The number of aliphatic hydroxyl groups is 1. The summed E-state index contributed by atoms with van der Waals surface area (Å²) in [6, 6.07) is 0. The molecule has 0 aliphatic carbocycles. The van der Waals surface area contributed by atoms with Crippen molar-refractivity contribution in [3.63, 3.8) is 0 Å². The van der Waals surface area contributed by atoms with Crippen LogP contribution in [-0.2, 0) is 15.5 Å². The quantitative estimate of drug-likeness (QED) is 0.414. The van der Waals surface area contributed by atoms with Crippen LogP contribution in [0.4, 0.5) is 0 Å². The highest BCUT2D eigenvalue weighted by Gasteiger charge is 2.11. The molecule has 0 aromatic heterocycles. The van der Waals surface area contributed by atoms with Gasteiger partial charge in [0.25, 0.3) is 0 Å². The van der Waals surface area contributed by atoms with Gasteiger partial charge in [0.1, 0.15) is 0 Å². The van der Waals surface area contributed by atoms with E-state index in [0.29, 0.717) is 0 Å². The van der Waals surface area contributed by atoms with Gasteiger partial charge in [-0.2, -0.15) is 0 Å². The fourth-order valence-corrected chi connectivity index (χ4v) is 0.500. The molecular formula is C3H7O4S-. The van der Waals surface area contributed by atoms with E-state index in [2.05, 4.69) is 4.18 Å². The lowest BCUT2D eigenvalue weighted by atomic mass is 10.4. The predicted octanol–water partition coefficient (Wildman–Crippen LogP) is -0.474. The first-order valence-corrected chi connectivity index (χ1v) is 2.93. The molecule has 0 aromatic carbocycles. The van der Waals surface area contributed by atoms with E-state index in [9.17, 15) is 8.76 Å². The highest BCUT2D eigenvalue weighted by molar-refractivity contribution is 7.74. The Kier molecular flexibility index (Phi) is 2.55. The van der Waals surface area contributed by atoms with Crippen LogP contribution in [0.3, 0.4) is 0 Å². The maximum Gasteiger partial charge on any atom is 0.174 e. The number of hydrogen-bond donors (Lipinski definition) is 1. The molecule has 50 valence electrons. The first-order valence-electron chi connectivity index (χ1n) is 1.93. The molecule has 1 atom stereocenters. The maximum absolute atomic E-state index is 9.63. The summed E-state index contributed by atoms with van der Waals surface area (Å²) >= 11 is -2.64. The van der Waals surface area contributed by atoms with E-state index >= 15 is 0 Å². The Morgan fingerprint density at radius 3 is 2.12 bits per heavy atom. The fraction of sp³-hybridized carbons (Fsp3) is 1.00. The van der Waals surface area contributed by atoms with Crippen molar-refractivity contribution in [1.82, 2.24) is 0 Å². The lowest BCUT2D eigenvalue weighted by Gasteiger charge is -2.17. The Morgan fingerprint density at radius 1 is 1.75 bits per heavy atom. The summed E-state index contributed by atoms with van der Waals surface area (Å²) in [7, 11) is 0. The van der Waals surface area contributed by atoms with Crippen LogP contribution in [0.25, 0.3) is 0 Å². The first kappa shape index (κ1) is 8.03. The molecule has 4 nitrogen and oxygen atoms in total. The molecule has 1 N–H and O–H groups in total. The van der Waals surface area contributed by atoms with Gasteiger partial charge in [0, 0.05) is 0 Å². The van der Waals surface area contributed by atoms with Gasteiger partial charge < -0.3 is 9.66 Å². The van der Waals surface area contributed by atoms with Crippen molar-refractivity contribution in [2.75, 3.05) is 0 Å². The average molecular weight is 139 g/mol. The third kappa shape index (κ3) is 6.03. The molecule has 1 unspecified atom stereocenters. The van der Waals surface area contributed by atoms with E-state index in [0.717, 1.165) is 0 Å². The monoisotopic (exact) mass is 139 g/mol. The van der Waals surface area contributed by atoms with E-state index in [1.54, 1.807) is 0 Å². The summed E-state index contributed by atoms with van der Waals surface area (Å²) in [5, 5.41) is 8.57. The largest absolute Gasteiger partial charge is 0.750 e. The molecule has 0 heterocycles. The van der Waals surface area contributed by atoms with Crippen molar-refractivity contribution in [2.24, 2.45) is 0 Å². The molecule has 8 heavy (non-hydrogen) atoms. The number of rotatable bonds is 2. The van der Waals surface area contributed by atoms with Crippen LogP contribution in [0.1, 0.15) is 13.8 Å². The Morgan fingerprint density at radius 2 is 2.12 bits per heavy atom. The standard InChI is InChI=1S/C3H8O4S/c1-3(2,4)7-8(5)6/h4H,1-2H3,(H,5,6)/p-1. The van der Waals surface area contributed by atoms with Crippen LogP contribution in [0.2, 0.25) is 0 Å². The SMILES string of the molecule is CC(C)(O)OS(=O)[O-]. The van der Waals surface area contributed by atoms with E-state index in [1.165, 1.54) is 13.8 Å². The van der Waals surface area contributed by atoms with Gasteiger partial charge in [0.2, 0.25) is 0 Å². The highest BCUT2D eigenvalue weighted by atomic mass is 32.2. The molecule has 0 fully saturated rings.